The van der Waals surface area contributed by atoms with Crippen LogP contribution in [0.1, 0.15) is 31.4 Å². The van der Waals surface area contributed by atoms with Gasteiger partial charge in [0.1, 0.15) is 11.6 Å². The Morgan fingerprint density at radius 2 is 2.06 bits per heavy atom. The molecule has 9 heteroatoms. The number of fused-ring (bicyclic) bond motifs is 1. The smallest absolute Gasteiger partial charge is 0.318 e. The van der Waals surface area contributed by atoms with E-state index < -0.39 is 0 Å². The summed E-state index contributed by atoms with van der Waals surface area (Å²) < 4.78 is 20.8. The normalized spacial score (nSPS) is 14.5. The fraction of sp³-hybridized carbons (Fsp3) is 0.273. The van der Waals surface area contributed by atoms with Gasteiger partial charge in [0, 0.05) is 24.5 Å². The van der Waals surface area contributed by atoms with E-state index in [-0.39, 0.29) is 17.9 Å². The highest BCUT2D eigenvalue weighted by molar-refractivity contribution is 5.85. The van der Waals surface area contributed by atoms with E-state index >= 15 is 0 Å². The molecule has 1 aliphatic carbocycles. The summed E-state index contributed by atoms with van der Waals surface area (Å²) in [4.78, 5) is 13.5. The van der Waals surface area contributed by atoms with Crippen LogP contribution in [0.15, 0.2) is 48.8 Å². The van der Waals surface area contributed by atoms with Crippen LogP contribution in [-0.2, 0) is 0 Å². The molecular weight excluding hydrogens is 397 g/mol. The monoisotopic (exact) mass is 419 g/mol. The second-order valence-corrected chi connectivity index (χ2v) is 7.74. The summed E-state index contributed by atoms with van der Waals surface area (Å²) in [5, 5.41) is 7.67. The minimum Gasteiger partial charge on any atom is -0.463 e. The summed E-state index contributed by atoms with van der Waals surface area (Å²) in [5.74, 6) is 1.18. The van der Waals surface area contributed by atoms with E-state index in [1.165, 1.54) is 12.1 Å². The number of nitrogens with one attached hydrogen (secondary N) is 1. The first-order valence-electron chi connectivity index (χ1n) is 10.2. The number of nitrogens with two attached hydrogens (primary N) is 1. The van der Waals surface area contributed by atoms with Crippen LogP contribution >= 0.6 is 0 Å². The van der Waals surface area contributed by atoms with E-state index in [0.29, 0.717) is 41.1 Å². The Labute approximate surface area is 178 Å². The van der Waals surface area contributed by atoms with Crippen LogP contribution in [0, 0.1) is 11.7 Å². The van der Waals surface area contributed by atoms with Crippen LogP contribution in [0.4, 0.5) is 16.0 Å². The van der Waals surface area contributed by atoms with Gasteiger partial charge in [-0.2, -0.15) is 9.97 Å². The SMILES string of the molecule is C[C@H](Nc1cc(-c2c(N)nn3cccnc23)nc(OCC2CC2)n1)c1ccc(F)cc1. The van der Waals surface area contributed by atoms with Gasteiger partial charge >= 0.3 is 6.01 Å². The van der Waals surface area contributed by atoms with Crippen molar-refractivity contribution in [2.75, 3.05) is 17.7 Å². The molecule has 1 fully saturated rings. The molecule has 1 aliphatic rings. The molecule has 0 radical (unpaired) electrons. The minimum absolute atomic E-state index is 0.112. The van der Waals surface area contributed by atoms with Crippen molar-refractivity contribution in [2.24, 2.45) is 5.92 Å². The Morgan fingerprint density at radius 1 is 1.26 bits per heavy atom. The van der Waals surface area contributed by atoms with Crippen LogP contribution in [0.5, 0.6) is 6.01 Å². The Morgan fingerprint density at radius 3 is 2.84 bits per heavy atom. The highest BCUT2D eigenvalue weighted by atomic mass is 19.1. The van der Waals surface area contributed by atoms with E-state index in [0.717, 1.165) is 18.4 Å². The molecule has 0 aliphatic heterocycles. The van der Waals surface area contributed by atoms with Crippen molar-refractivity contribution in [3.63, 3.8) is 0 Å². The zero-order valence-electron chi connectivity index (χ0n) is 17.0. The average molecular weight is 419 g/mol. The number of hydrogen-bond donors (Lipinski definition) is 2. The van der Waals surface area contributed by atoms with Crippen LogP contribution in [0.2, 0.25) is 0 Å². The molecule has 0 spiro atoms. The van der Waals surface area contributed by atoms with Crippen molar-refractivity contribution in [3.8, 4) is 17.3 Å². The Balaban J connectivity index is 1.52. The fourth-order valence-electron chi connectivity index (χ4n) is 3.37. The zero-order chi connectivity index (χ0) is 21.4. The largest absolute Gasteiger partial charge is 0.463 e. The number of aromatic nitrogens is 5. The van der Waals surface area contributed by atoms with Gasteiger partial charge in [0.05, 0.1) is 17.9 Å². The number of halogens is 1. The molecule has 1 aromatic carbocycles. The molecular formula is C22H22FN7O. The summed E-state index contributed by atoms with van der Waals surface area (Å²) in [6.45, 7) is 2.56. The molecule has 0 amide bonds. The Kier molecular flexibility index (Phi) is 4.85. The summed E-state index contributed by atoms with van der Waals surface area (Å²) in [6.07, 6.45) is 5.79. The Hall–Kier alpha value is -3.75. The molecule has 3 heterocycles. The maximum Gasteiger partial charge on any atom is 0.318 e. The summed E-state index contributed by atoms with van der Waals surface area (Å²) >= 11 is 0. The standard InChI is InChI=1S/C22H22FN7O/c1-13(15-5-7-16(23)8-6-15)26-18-11-17(27-22(28-18)31-12-14-3-4-14)19-20(24)29-30-10-2-9-25-21(19)30/h2,5-11,13-14H,3-4,12H2,1H3,(H2,24,29)(H,26,27,28)/t13-/m0/s1. The quantitative estimate of drug-likeness (QED) is 0.469. The predicted octanol–water partition coefficient (Wildman–Crippen LogP) is 3.87. The van der Waals surface area contributed by atoms with Gasteiger partial charge in [-0.1, -0.05) is 12.1 Å². The summed E-state index contributed by atoms with van der Waals surface area (Å²) in [7, 11) is 0. The first-order valence-corrected chi connectivity index (χ1v) is 10.2. The lowest BCUT2D eigenvalue weighted by molar-refractivity contribution is 0.277. The predicted molar refractivity (Wildman–Crippen MR) is 115 cm³/mol. The van der Waals surface area contributed by atoms with Gasteiger partial charge in [-0.15, -0.1) is 5.10 Å². The first kappa shape index (κ1) is 19.2. The summed E-state index contributed by atoms with van der Waals surface area (Å²) in [5.41, 5.74) is 8.92. The lowest BCUT2D eigenvalue weighted by atomic mass is 10.1. The third-order valence-electron chi connectivity index (χ3n) is 5.26. The molecule has 4 aromatic rings. The van der Waals surface area contributed by atoms with Gasteiger partial charge in [0.15, 0.2) is 11.5 Å². The lowest BCUT2D eigenvalue weighted by Gasteiger charge is -2.16. The molecule has 0 bridgehead atoms. The van der Waals surface area contributed by atoms with Crippen molar-refractivity contribution < 1.29 is 9.13 Å². The number of rotatable bonds is 7. The molecule has 3 aromatic heterocycles. The van der Waals surface area contributed by atoms with Crippen LogP contribution in [-0.4, -0.2) is 31.2 Å². The number of anilines is 2. The molecule has 1 saturated carbocycles. The van der Waals surface area contributed by atoms with Crippen LogP contribution in [0.3, 0.4) is 0 Å². The maximum atomic E-state index is 13.3. The molecule has 0 unspecified atom stereocenters. The highest BCUT2D eigenvalue weighted by Gasteiger charge is 2.23. The third kappa shape index (κ3) is 4.11. The second kappa shape index (κ2) is 7.82. The number of nitrogens with zero attached hydrogens (tertiary/aromatic N) is 5. The number of benzene rings is 1. The molecule has 31 heavy (non-hydrogen) atoms. The number of hydrogen-bond acceptors (Lipinski definition) is 7. The lowest BCUT2D eigenvalue weighted by Crippen LogP contribution is -2.10. The second-order valence-electron chi connectivity index (χ2n) is 7.74. The van der Waals surface area contributed by atoms with Gasteiger partial charge in [0.25, 0.3) is 0 Å². The maximum absolute atomic E-state index is 13.3. The van der Waals surface area contributed by atoms with E-state index in [4.69, 9.17) is 10.5 Å². The third-order valence-corrected chi connectivity index (χ3v) is 5.26. The van der Waals surface area contributed by atoms with E-state index in [1.807, 2.05) is 6.92 Å². The summed E-state index contributed by atoms with van der Waals surface area (Å²) in [6, 6.07) is 10.1. The fourth-order valence-corrected chi connectivity index (χ4v) is 3.37. The molecule has 5 rings (SSSR count). The van der Waals surface area contributed by atoms with Crippen molar-refractivity contribution in [1.82, 2.24) is 24.6 Å². The van der Waals surface area contributed by atoms with Crippen LogP contribution in [0.25, 0.3) is 16.9 Å². The van der Waals surface area contributed by atoms with Crippen molar-refractivity contribution in [2.45, 2.75) is 25.8 Å². The van der Waals surface area contributed by atoms with Gasteiger partial charge in [-0.05, 0) is 49.4 Å². The van der Waals surface area contributed by atoms with Gasteiger partial charge in [-0.3, -0.25) is 0 Å². The molecule has 158 valence electrons. The Bertz CT molecular complexity index is 1220. The minimum atomic E-state index is -0.271. The van der Waals surface area contributed by atoms with Crippen molar-refractivity contribution in [1.29, 1.82) is 0 Å². The van der Waals surface area contributed by atoms with Gasteiger partial charge in [0.2, 0.25) is 0 Å². The first-order chi connectivity index (χ1) is 15.1. The van der Waals surface area contributed by atoms with Gasteiger partial charge < -0.3 is 15.8 Å². The zero-order valence-corrected chi connectivity index (χ0v) is 17.0. The van der Waals surface area contributed by atoms with E-state index in [2.05, 4.69) is 25.4 Å². The van der Waals surface area contributed by atoms with Crippen LogP contribution < -0.4 is 15.8 Å². The highest BCUT2D eigenvalue weighted by Crippen LogP contribution is 2.32. The number of ether oxygens (including phenoxy) is 1. The topological polar surface area (TPSA) is 103 Å². The van der Waals surface area contributed by atoms with E-state index in [9.17, 15) is 4.39 Å². The molecule has 1 atom stereocenters. The van der Waals surface area contributed by atoms with Gasteiger partial charge in [-0.25, -0.2) is 13.9 Å². The van der Waals surface area contributed by atoms with Crippen molar-refractivity contribution in [3.05, 3.63) is 60.2 Å². The molecule has 8 nitrogen and oxygen atoms in total. The van der Waals surface area contributed by atoms with E-state index in [1.54, 1.807) is 41.2 Å². The van der Waals surface area contributed by atoms with Crippen molar-refractivity contribution >= 4 is 17.3 Å². The molecule has 0 saturated heterocycles. The average Bonchev–Trinajstić information content (AvgIpc) is 3.53. The number of nitrogen functional groups attached to an aromatic ring is 1. The molecule has 3 N–H and O–H groups in total.